The normalized spacial score (nSPS) is 15.2. The van der Waals surface area contributed by atoms with Crippen LogP contribution in [0.5, 0.6) is 0 Å². The lowest BCUT2D eigenvalue weighted by Crippen LogP contribution is -2.23. The van der Waals surface area contributed by atoms with Crippen LogP contribution in [0.3, 0.4) is 0 Å². The Hall–Kier alpha value is -3.93. The number of nitrogens with zero attached hydrogens (tertiary/aromatic N) is 3. The Kier molecular flexibility index (Phi) is 5.19. The molecule has 0 spiro atoms. The Labute approximate surface area is 186 Å². The fraction of sp³-hybridized carbons (Fsp3) is 0.192. The van der Waals surface area contributed by atoms with Crippen LogP contribution in [0.2, 0.25) is 0 Å². The molecule has 6 heteroatoms. The summed E-state index contributed by atoms with van der Waals surface area (Å²) in [5.41, 5.74) is 7.72. The first-order valence-electron chi connectivity index (χ1n) is 10.9. The third-order valence-corrected chi connectivity index (χ3v) is 6.15. The average molecular weight is 423 g/mol. The average Bonchev–Trinajstić information content (AvgIpc) is 3.38. The summed E-state index contributed by atoms with van der Waals surface area (Å²) in [6.45, 7) is 10.2. The van der Waals surface area contributed by atoms with Crippen LogP contribution in [0, 0.1) is 5.92 Å². The van der Waals surface area contributed by atoms with E-state index >= 15 is 0 Å². The van der Waals surface area contributed by atoms with E-state index in [1.807, 2.05) is 19.1 Å². The lowest BCUT2D eigenvalue weighted by Gasteiger charge is -2.28. The molecule has 1 fully saturated rings. The van der Waals surface area contributed by atoms with Crippen molar-refractivity contribution < 1.29 is 0 Å². The molecule has 0 amide bonds. The van der Waals surface area contributed by atoms with Crippen LogP contribution in [0.4, 0.5) is 0 Å². The van der Waals surface area contributed by atoms with Crippen molar-refractivity contribution in [2.24, 2.45) is 5.92 Å². The summed E-state index contributed by atoms with van der Waals surface area (Å²) in [6.07, 6.45) is 13.3. The van der Waals surface area contributed by atoms with Crippen LogP contribution in [0.25, 0.3) is 39.0 Å². The van der Waals surface area contributed by atoms with E-state index in [1.165, 1.54) is 19.3 Å². The molecule has 6 nitrogen and oxygen atoms in total. The number of hydrogen-bond acceptors (Lipinski definition) is 4. The standard InChI is InChI=1S/C26H26N6/c1-4-17(13-20(5-2)28-16(3)18-7-6-8-18)19-9-10-22-21(14-19)25(32-31-22)26-29-23-11-12-27-15-24(23)30-26/h4-5,9-15,18,28H,2-3,6-8H2,1H3,(H,29,30)(H,31,32)/b17-4+,20-13+. The first-order chi connectivity index (χ1) is 15.7. The third-order valence-electron chi connectivity index (χ3n) is 6.15. The monoisotopic (exact) mass is 422 g/mol. The zero-order valence-corrected chi connectivity index (χ0v) is 18.2. The summed E-state index contributed by atoms with van der Waals surface area (Å²) in [4.78, 5) is 12.2. The first kappa shape index (κ1) is 20.0. The highest BCUT2D eigenvalue weighted by atomic mass is 15.1. The van der Waals surface area contributed by atoms with Crippen molar-refractivity contribution in [3.63, 3.8) is 0 Å². The summed E-state index contributed by atoms with van der Waals surface area (Å²) in [7, 11) is 0. The van der Waals surface area contributed by atoms with Gasteiger partial charge in [0.15, 0.2) is 5.82 Å². The van der Waals surface area contributed by atoms with Gasteiger partial charge in [-0.15, -0.1) is 0 Å². The highest BCUT2D eigenvalue weighted by molar-refractivity contribution is 5.95. The van der Waals surface area contributed by atoms with Crippen molar-refractivity contribution in [3.05, 3.63) is 85.0 Å². The van der Waals surface area contributed by atoms with Gasteiger partial charge in [0.05, 0.1) is 22.7 Å². The van der Waals surface area contributed by atoms with Crippen molar-refractivity contribution in [3.8, 4) is 11.5 Å². The van der Waals surface area contributed by atoms with E-state index in [9.17, 15) is 0 Å². The van der Waals surface area contributed by atoms with Crippen molar-refractivity contribution >= 4 is 27.5 Å². The summed E-state index contributed by atoms with van der Waals surface area (Å²) in [6, 6.07) is 8.18. The zero-order chi connectivity index (χ0) is 22.1. The second-order valence-corrected chi connectivity index (χ2v) is 8.14. The van der Waals surface area contributed by atoms with Gasteiger partial charge in [0.25, 0.3) is 0 Å². The third kappa shape index (κ3) is 3.64. The molecule has 1 aliphatic rings. The molecule has 3 N–H and O–H groups in total. The van der Waals surface area contributed by atoms with E-state index in [0.29, 0.717) is 5.92 Å². The predicted molar refractivity (Wildman–Crippen MR) is 131 cm³/mol. The number of allylic oxidation sites excluding steroid dienone is 5. The largest absolute Gasteiger partial charge is 0.359 e. The number of hydrogen-bond donors (Lipinski definition) is 3. The molecular formula is C26H26N6. The molecule has 3 heterocycles. The molecule has 4 aromatic rings. The van der Waals surface area contributed by atoms with Gasteiger partial charge in [0.1, 0.15) is 5.69 Å². The molecule has 0 aliphatic heterocycles. The van der Waals surface area contributed by atoms with Gasteiger partial charge >= 0.3 is 0 Å². The Morgan fingerprint density at radius 3 is 2.81 bits per heavy atom. The van der Waals surface area contributed by atoms with Gasteiger partial charge in [-0.05, 0) is 67.2 Å². The number of imidazole rings is 1. The molecule has 0 radical (unpaired) electrons. The van der Waals surface area contributed by atoms with Gasteiger partial charge < -0.3 is 10.3 Å². The van der Waals surface area contributed by atoms with Gasteiger partial charge in [-0.1, -0.05) is 31.7 Å². The molecule has 1 aromatic carbocycles. The minimum atomic E-state index is 0.566. The first-order valence-corrected chi connectivity index (χ1v) is 10.9. The van der Waals surface area contributed by atoms with Gasteiger partial charge in [-0.3, -0.25) is 10.1 Å². The Balaban J connectivity index is 1.49. The molecule has 32 heavy (non-hydrogen) atoms. The maximum atomic E-state index is 4.69. The summed E-state index contributed by atoms with van der Waals surface area (Å²) in [5, 5.41) is 12.1. The highest BCUT2D eigenvalue weighted by Crippen LogP contribution is 2.32. The number of fused-ring (bicyclic) bond motifs is 2. The SMILES string of the molecule is C=C/C(=C\C(=C/C)c1ccc2[nH]nc(-c3nc4ccncc4[nH]3)c2c1)NC(=C)C1CCC1. The summed E-state index contributed by atoms with van der Waals surface area (Å²) in [5.74, 6) is 1.29. The van der Waals surface area contributed by atoms with Crippen molar-refractivity contribution in [2.75, 3.05) is 0 Å². The summed E-state index contributed by atoms with van der Waals surface area (Å²) < 4.78 is 0. The van der Waals surface area contributed by atoms with E-state index in [4.69, 9.17) is 0 Å². The maximum absolute atomic E-state index is 4.69. The molecule has 1 saturated carbocycles. The Morgan fingerprint density at radius 2 is 2.09 bits per heavy atom. The van der Waals surface area contributed by atoms with Crippen LogP contribution >= 0.6 is 0 Å². The van der Waals surface area contributed by atoms with Crippen molar-refractivity contribution in [2.45, 2.75) is 26.2 Å². The van der Waals surface area contributed by atoms with Gasteiger partial charge in [0.2, 0.25) is 0 Å². The van der Waals surface area contributed by atoms with E-state index < -0.39 is 0 Å². The number of benzene rings is 1. The van der Waals surface area contributed by atoms with Crippen LogP contribution < -0.4 is 5.32 Å². The number of H-pyrrole nitrogens is 2. The van der Waals surface area contributed by atoms with Gasteiger partial charge in [-0.2, -0.15) is 5.10 Å². The smallest absolute Gasteiger partial charge is 0.159 e. The van der Waals surface area contributed by atoms with Crippen molar-refractivity contribution in [1.82, 2.24) is 30.5 Å². The van der Waals surface area contributed by atoms with Crippen LogP contribution in [-0.4, -0.2) is 25.1 Å². The number of pyridine rings is 1. The summed E-state index contributed by atoms with van der Waals surface area (Å²) >= 11 is 0. The Bertz CT molecular complexity index is 1350. The second-order valence-electron chi connectivity index (χ2n) is 8.14. The van der Waals surface area contributed by atoms with E-state index in [1.54, 1.807) is 12.4 Å². The van der Waals surface area contributed by atoms with E-state index in [0.717, 1.165) is 56.0 Å². The highest BCUT2D eigenvalue weighted by Gasteiger charge is 2.20. The lowest BCUT2D eigenvalue weighted by atomic mass is 9.83. The van der Waals surface area contributed by atoms with Gasteiger partial charge in [0, 0.05) is 23.0 Å². The molecule has 1 aliphatic carbocycles. The molecule has 0 bridgehead atoms. The van der Waals surface area contributed by atoms with Crippen LogP contribution in [-0.2, 0) is 0 Å². The number of aromatic nitrogens is 5. The number of rotatable bonds is 7. The maximum Gasteiger partial charge on any atom is 0.159 e. The molecule has 3 aromatic heterocycles. The minimum Gasteiger partial charge on any atom is -0.359 e. The van der Waals surface area contributed by atoms with Crippen LogP contribution in [0.1, 0.15) is 31.7 Å². The lowest BCUT2D eigenvalue weighted by molar-refractivity contribution is 0.356. The number of aromatic amines is 2. The zero-order valence-electron chi connectivity index (χ0n) is 18.2. The van der Waals surface area contributed by atoms with E-state index in [-0.39, 0.29) is 0 Å². The fourth-order valence-corrected chi connectivity index (χ4v) is 4.03. The molecule has 5 rings (SSSR count). The predicted octanol–water partition coefficient (Wildman–Crippen LogP) is 5.88. The van der Waals surface area contributed by atoms with Crippen LogP contribution in [0.15, 0.2) is 79.4 Å². The Morgan fingerprint density at radius 1 is 1.22 bits per heavy atom. The number of nitrogens with one attached hydrogen (secondary N) is 3. The quantitative estimate of drug-likeness (QED) is 0.325. The molecule has 0 saturated heterocycles. The molecule has 160 valence electrons. The molecular weight excluding hydrogens is 396 g/mol. The van der Waals surface area contributed by atoms with E-state index in [2.05, 4.69) is 74.0 Å². The molecule has 0 unspecified atom stereocenters. The van der Waals surface area contributed by atoms with Gasteiger partial charge in [-0.25, -0.2) is 4.98 Å². The topological polar surface area (TPSA) is 82.3 Å². The molecule has 0 atom stereocenters. The fourth-order valence-electron chi connectivity index (χ4n) is 4.03. The second kappa shape index (κ2) is 8.30. The minimum absolute atomic E-state index is 0.566. The van der Waals surface area contributed by atoms with Crippen molar-refractivity contribution in [1.29, 1.82) is 0 Å².